The van der Waals surface area contributed by atoms with E-state index in [2.05, 4.69) is 21.3 Å². The van der Waals surface area contributed by atoms with Crippen LogP contribution in [0.2, 0.25) is 0 Å². The fourth-order valence-electron chi connectivity index (χ4n) is 2.70. The van der Waals surface area contributed by atoms with Crippen LogP contribution in [0.15, 0.2) is 17.1 Å². The van der Waals surface area contributed by atoms with Gasteiger partial charge in [-0.1, -0.05) is 19.9 Å². The summed E-state index contributed by atoms with van der Waals surface area (Å²) in [5.41, 5.74) is 0.0566. The molecule has 0 unspecified atom stereocenters. The van der Waals surface area contributed by atoms with Gasteiger partial charge in [-0.3, -0.25) is 4.99 Å². The number of piperidine rings is 1. The molecule has 0 atom stereocenters. The lowest BCUT2D eigenvalue weighted by Gasteiger charge is -2.45. The molecule has 2 fully saturated rings. The van der Waals surface area contributed by atoms with E-state index in [1.807, 2.05) is 33.9 Å². The molecular formula is C15H29N3O. The van der Waals surface area contributed by atoms with Crippen LogP contribution in [0, 0.1) is 0 Å². The second-order valence-corrected chi connectivity index (χ2v) is 4.78. The van der Waals surface area contributed by atoms with Crippen molar-refractivity contribution < 1.29 is 4.74 Å². The van der Waals surface area contributed by atoms with Crippen molar-refractivity contribution in [2.24, 2.45) is 4.99 Å². The summed E-state index contributed by atoms with van der Waals surface area (Å²) in [5, 5.41) is 3.40. The highest BCUT2D eigenvalue weighted by Crippen LogP contribution is 2.27. The van der Waals surface area contributed by atoms with Crippen LogP contribution in [0.4, 0.5) is 0 Å². The molecule has 0 bridgehead atoms. The SMILES string of the molecule is C/C=C\C(=NC)N1CCOC2(CCNCC2)C1.CC. The third-order valence-electron chi connectivity index (χ3n) is 3.63. The van der Waals surface area contributed by atoms with E-state index in [4.69, 9.17) is 4.74 Å². The summed E-state index contributed by atoms with van der Waals surface area (Å²) in [7, 11) is 1.86. The summed E-state index contributed by atoms with van der Waals surface area (Å²) < 4.78 is 6.05. The van der Waals surface area contributed by atoms with Gasteiger partial charge in [0.2, 0.25) is 0 Å². The molecule has 110 valence electrons. The maximum Gasteiger partial charge on any atom is 0.122 e. The second-order valence-electron chi connectivity index (χ2n) is 4.78. The van der Waals surface area contributed by atoms with Gasteiger partial charge >= 0.3 is 0 Å². The van der Waals surface area contributed by atoms with Gasteiger partial charge in [-0.2, -0.15) is 0 Å². The Kier molecular flexibility index (Phi) is 7.10. The predicted molar refractivity (Wildman–Crippen MR) is 81.9 cm³/mol. The average Bonchev–Trinajstić information content (AvgIpc) is 2.48. The lowest BCUT2D eigenvalue weighted by molar-refractivity contribution is -0.108. The van der Waals surface area contributed by atoms with Crippen LogP contribution in [-0.2, 0) is 4.74 Å². The van der Waals surface area contributed by atoms with Crippen LogP contribution in [0.3, 0.4) is 0 Å². The van der Waals surface area contributed by atoms with Crippen molar-refractivity contribution in [3.8, 4) is 0 Å². The van der Waals surface area contributed by atoms with Gasteiger partial charge in [-0.25, -0.2) is 0 Å². The summed E-state index contributed by atoms with van der Waals surface area (Å²) in [6, 6.07) is 0. The normalized spacial score (nSPS) is 23.4. The smallest absolute Gasteiger partial charge is 0.122 e. The predicted octanol–water partition coefficient (Wildman–Crippen LogP) is 2.07. The van der Waals surface area contributed by atoms with E-state index in [-0.39, 0.29) is 5.60 Å². The Morgan fingerprint density at radius 1 is 1.32 bits per heavy atom. The average molecular weight is 267 g/mol. The Bertz CT molecular complexity index is 301. The molecule has 0 radical (unpaired) electrons. The van der Waals surface area contributed by atoms with Gasteiger partial charge in [-0.15, -0.1) is 0 Å². The molecule has 1 N–H and O–H groups in total. The van der Waals surface area contributed by atoms with Crippen LogP contribution < -0.4 is 5.32 Å². The molecule has 2 heterocycles. The minimum atomic E-state index is 0.0566. The standard InChI is InChI=1S/C13H23N3O.C2H6/c1-3-4-12(14-2)16-9-10-17-13(11-16)5-7-15-8-6-13;1-2/h3-4,15H,5-11H2,1-2H3;1-2H3/b4-3-,14-12?;. The number of nitrogens with zero attached hydrogens (tertiary/aromatic N) is 2. The Hall–Kier alpha value is -0.870. The minimum absolute atomic E-state index is 0.0566. The van der Waals surface area contributed by atoms with Gasteiger partial charge in [-0.05, 0) is 38.9 Å². The highest BCUT2D eigenvalue weighted by atomic mass is 16.5. The lowest BCUT2D eigenvalue weighted by atomic mass is 9.90. The van der Waals surface area contributed by atoms with Crippen molar-refractivity contribution in [3.05, 3.63) is 12.2 Å². The Morgan fingerprint density at radius 3 is 2.58 bits per heavy atom. The van der Waals surface area contributed by atoms with E-state index in [0.29, 0.717) is 0 Å². The molecule has 0 aromatic rings. The molecular weight excluding hydrogens is 238 g/mol. The van der Waals surface area contributed by atoms with E-state index in [9.17, 15) is 0 Å². The number of rotatable bonds is 1. The van der Waals surface area contributed by atoms with Gasteiger partial charge in [0, 0.05) is 20.1 Å². The second kappa shape index (κ2) is 8.33. The van der Waals surface area contributed by atoms with Crippen LogP contribution in [0.5, 0.6) is 0 Å². The van der Waals surface area contributed by atoms with Crippen molar-refractivity contribution in [1.29, 1.82) is 0 Å². The number of aliphatic imine (C=N–C) groups is 1. The molecule has 2 saturated heterocycles. The first-order valence-electron chi connectivity index (χ1n) is 7.49. The third-order valence-corrected chi connectivity index (χ3v) is 3.63. The maximum absolute atomic E-state index is 6.05. The van der Waals surface area contributed by atoms with Crippen molar-refractivity contribution >= 4 is 5.84 Å². The fourth-order valence-corrected chi connectivity index (χ4v) is 2.70. The molecule has 19 heavy (non-hydrogen) atoms. The molecule has 0 aliphatic carbocycles. The Morgan fingerprint density at radius 2 is 2.00 bits per heavy atom. The zero-order valence-electron chi connectivity index (χ0n) is 12.9. The van der Waals surface area contributed by atoms with Gasteiger partial charge in [0.05, 0.1) is 12.2 Å². The minimum Gasteiger partial charge on any atom is -0.371 e. The summed E-state index contributed by atoms with van der Waals surface area (Å²) >= 11 is 0. The van der Waals surface area contributed by atoms with Crippen molar-refractivity contribution in [3.63, 3.8) is 0 Å². The van der Waals surface area contributed by atoms with Gasteiger partial charge in [0.25, 0.3) is 0 Å². The van der Waals surface area contributed by atoms with Crippen LogP contribution >= 0.6 is 0 Å². The number of amidine groups is 1. The summed E-state index contributed by atoms with van der Waals surface area (Å²) in [4.78, 5) is 6.72. The van der Waals surface area contributed by atoms with Gasteiger partial charge in [0.15, 0.2) is 0 Å². The zero-order chi connectivity index (χ0) is 14.1. The monoisotopic (exact) mass is 267 g/mol. The quantitative estimate of drug-likeness (QED) is 0.584. The Labute approximate surface area is 117 Å². The number of hydrogen-bond acceptors (Lipinski definition) is 3. The fraction of sp³-hybridized carbons (Fsp3) is 0.800. The molecule has 0 aromatic carbocycles. The number of ether oxygens (including phenoxy) is 1. The van der Waals surface area contributed by atoms with Crippen LogP contribution in [0.25, 0.3) is 0 Å². The zero-order valence-corrected chi connectivity index (χ0v) is 12.9. The lowest BCUT2D eigenvalue weighted by Crippen LogP contribution is -2.57. The molecule has 1 spiro atoms. The van der Waals surface area contributed by atoms with Gasteiger partial charge in [0.1, 0.15) is 5.84 Å². The molecule has 2 aliphatic heterocycles. The number of hydrogen-bond donors (Lipinski definition) is 1. The molecule has 0 aromatic heterocycles. The van der Waals surface area contributed by atoms with Crippen molar-refractivity contribution in [2.75, 3.05) is 39.8 Å². The van der Waals surface area contributed by atoms with Crippen molar-refractivity contribution in [2.45, 2.75) is 39.2 Å². The van der Waals surface area contributed by atoms with E-state index in [1.54, 1.807) is 0 Å². The third kappa shape index (κ3) is 4.32. The van der Waals surface area contributed by atoms with E-state index in [1.165, 1.54) is 0 Å². The van der Waals surface area contributed by atoms with Crippen molar-refractivity contribution in [1.82, 2.24) is 10.2 Å². The first kappa shape index (κ1) is 16.2. The maximum atomic E-state index is 6.05. The first-order valence-corrected chi connectivity index (χ1v) is 7.49. The largest absolute Gasteiger partial charge is 0.371 e. The van der Waals surface area contributed by atoms with Gasteiger partial charge < -0.3 is 15.0 Å². The summed E-state index contributed by atoms with van der Waals surface area (Å²) in [5.74, 6) is 1.08. The molecule has 0 saturated carbocycles. The summed E-state index contributed by atoms with van der Waals surface area (Å²) in [6.45, 7) is 10.9. The molecule has 2 aliphatic rings. The molecule has 0 amide bonds. The molecule has 2 rings (SSSR count). The summed E-state index contributed by atoms with van der Waals surface area (Å²) in [6.07, 6.45) is 6.35. The molecule has 4 heteroatoms. The Balaban J connectivity index is 0.000000861. The highest BCUT2D eigenvalue weighted by molar-refractivity contribution is 5.92. The highest BCUT2D eigenvalue weighted by Gasteiger charge is 2.38. The van der Waals surface area contributed by atoms with E-state index < -0.39 is 0 Å². The van der Waals surface area contributed by atoms with Crippen LogP contribution in [0.1, 0.15) is 33.6 Å². The number of nitrogens with one attached hydrogen (secondary N) is 1. The topological polar surface area (TPSA) is 36.9 Å². The number of morpholine rings is 1. The molecule has 4 nitrogen and oxygen atoms in total. The first-order chi connectivity index (χ1) is 9.29. The van der Waals surface area contributed by atoms with Crippen LogP contribution in [-0.4, -0.2) is 56.2 Å². The number of allylic oxidation sites excluding steroid dienone is 1. The van der Waals surface area contributed by atoms with E-state index >= 15 is 0 Å². The van der Waals surface area contributed by atoms with E-state index in [0.717, 1.165) is 51.5 Å².